The summed E-state index contributed by atoms with van der Waals surface area (Å²) >= 11 is 0. The summed E-state index contributed by atoms with van der Waals surface area (Å²) in [6.45, 7) is 7.25. The number of anilines is 1. The molecule has 2 N–H and O–H groups in total. The SMILES string of the molecule is CCN(CC1CCN(c2ccccn2)CC1)C(=O)C(C)(N)c1ccccc1. The highest BCUT2D eigenvalue weighted by Gasteiger charge is 2.35. The first-order valence-corrected chi connectivity index (χ1v) is 9.82. The molecule has 1 fully saturated rings. The van der Waals surface area contributed by atoms with E-state index in [-0.39, 0.29) is 5.91 Å². The number of nitrogens with zero attached hydrogens (tertiary/aromatic N) is 3. The lowest BCUT2D eigenvalue weighted by Gasteiger charge is -2.37. The quantitative estimate of drug-likeness (QED) is 0.854. The van der Waals surface area contributed by atoms with Crippen molar-refractivity contribution >= 4 is 11.7 Å². The highest BCUT2D eigenvalue weighted by atomic mass is 16.2. The van der Waals surface area contributed by atoms with Crippen LogP contribution in [0.15, 0.2) is 54.7 Å². The topological polar surface area (TPSA) is 62.5 Å². The van der Waals surface area contributed by atoms with Crippen LogP contribution in [0.5, 0.6) is 0 Å². The Morgan fingerprint density at radius 3 is 2.44 bits per heavy atom. The summed E-state index contributed by atoms with van der Waals surface area (Å²) in [4.78, 5) is 21.8. The van der Waals surface area contributed by atoms with Gasteiger partial charge in [-0.05, 0) is 50.3 Å². The molecule has 27 heavy (non-hydrogen) atoms. The standard InChI is InChI=1S/C22H30N4O/c1-3-25(21(27)22(2,23)19-9-5-4-6-10-19)17-18-12-15-26(16-13-18)20-11-7-8-14-24-20/h4-11,14,18H,3,12-13,15-17,23H2,1-2H3. The molecule has 1 aliphatic heterocycles. The van der Waals surface area contributed by atoms with Crippen LogP contribution in [0.2, 0.25) is 0 Å². The van der Waals surface area contributed by atoms with E-state index in [4.69, 9.17) is 5.73 Å². The maximum absolute atomic E-state index is 13.1. The van der Waals surface area contributed by atoms with E-state index < -0.39 is 5.54 Å². The summed E-state index contributed by atoms with van der Waals surface area (Å²) in [5, 5.41) is 0. The van der Waals surface area contributed by atoms with Gasteiger partial charge in [0.1, 0.15) is 11.4 Å². The predicted molar refractivity (Wildman–Crippen MR) is 109 cm³/mol. The molecule has 3 rings (SSSR count). The highest BCUT2D eigenvalue weighted by Crippen LogP contribution is 2.25. The Bertz CT molecular complexity index is 724. The molecule has 1 saturated heterocycles. The van der Waals surface area contributed by atoms with Crippen molar-refractivity contribution in [2.45, 2.75) is 32.2 Å². The highest BCUT2D eigenvalue weighted by molar-refractivity contribution is 5.87. The Morgan fingerprint density at radius 2 is 1.85 bits per heavy atom. The minimum absolute atomic E-state index is 0.00311. The van der Waals surface area contributed by atoms with E-state index in [1.807, 2.05) is 67.4 Å². The van der Waals surface area contributed by atoms with Crippen molar-refractivity contribution in [1.29, 1.82) is 0 Å². The first kappa shape index (κ1) is 19.4. The fourth-order valence-corrected chi connectivity index (χ4v) is 3.79. The van der Waals surface area contributed by atoms with Gasteiger partial charge in [0.25, 0.3) is 0 Å². The van der Waals surface area contributed by atoms with Gasteiger partial charge in [0.15, 0.2) is 0 Å². The number of aromatic nitrogens is 1. The lowest BCUT2D eigenvalue weighted by atomic mass is 9.90. The Hall–Kier alpha value is -2.40. The molecule has 2 heterocycles. The van der Waals surface area contributed by atoms with E-state index >= 15 is 0 Å². The number of likely N-dealkylation sites (N-methyl/N-ethyl adjacent to an activating group) is 1. The molecule has 1 aliphatic rings. The number of amides is 1. The van der Waals surface area contributed by atoms with Gasteiger partial charge in [0, 0.05) is 32.4 Å². The second-order valence-corrected chi connectivity index (χ2v) is 7.53. The predicted octanol–water partition coefficient (Wildman–Crippen LogP) is 3.02. The second-order valence-electron chi connectivity index (χ2n) is 7.53. The molecule has 5 heteroatoms. The van der Waals surface area contributed by atoms with Crippen molar-refractivity contribution in [1.82, 2.24) is 9.88 Å². The van der Waals surface area contributed by atoms with Gasteiger partial charge in [-0.3, -0.25) is 4.79 Å². The van der Waals surface area contributed by atoms with Gasteiger partial charge in [0.2, 0.25) is 5.91 Å². The van der Waals surface area contributed by atoms with E-state index in [1.165, 1.54) is 0 Å². The molecule has 0 bridgehead atoms. The maximum Gasteiger partial charge on any atom is 0.246 e. The maximum atomic E-state index is 13.1. The molecule has 0 aliphatic carbocycles. The summed E-state index contributed by atoms with van der Waals surface area (Å²) in [5.74, 6) is 1.54. The van der Waals surface area contributed by atoms with Crippen LogP contribution >= 0.6 is 0 Å². The number of carbonyl (C=O) groups is 1. The lowest BCUT2D eigenvalue weighted by Crippen LogP contribution is -2.52. The van der Waals surface area contributed by atoms with Crippen LogP contribution in [-0.4, -0.2) is 42.0 Å². The minimum atomic E-state index is -0.994. The first-order valence-electron chi connectivity index (χ1n) is 9.82. The van der Waals surface area contributed by atoms with Crippen LogP contribution in [0.1, 0.15) is 32.3 Å². The van der Waals surface area contributed by atoms with Gasteiger partial charge >= 0.3 is 0 Å². The van der Waals surface area contributed by atoms with Gasteiger partial charge in [-0.1, -0.05) is 36.4 Å². The monoisotopic (exact) mass is 366 g/mol. The fraction of sp³-hybridized carbons (Fsp3) is 0.455. The third-order valence-corrected chi connectivity index (χ3v) is 5.55. The normalized spacial score (nSPS) is 17.4. The van der Waals surface area contributed by atoms with E-state index in [0.717, 1.165) is 43.9 Å². The Balaban J connectivity index is 1.60. The smallest absolute Gasteiger partial charge is 0.246 e. The van der Waals surface area contributed by atoms with Gasteiger partial charge in [-0.15, -0.1) is 0 Å². The van der Waals surface area contributed by atoms with Crippen LogP contribution < -0.4 is 10.6 Å². The molecular formula is C22H30N4O. The Morgan fingerprint density at radius 1 is 1.19 bits per heavy atom. The average Bonchev–Trinajstić information content (AvgIpc) is 2.73. The molecule has 1 unspecified atom stereocenters. The first-order chi connectivity index (χ1) is 13.0. The van der Waals surface area contributed by atoms with Crippen molar-refractivity contribution in [2.75, 3.05) is 31.1 Å². The molecule has 1 atom stereocenters. The summed E-state index contributed by atoms with van der Waals surface area (Å²) in [7, 11) is 0. The third kappa shape index (κ3) is 4.48. The fourth-order valence-electron chi connectivity index (χ4n) is 3.79. The zero-order valence-electron chi connectivity index (χ0n) is 16.3. The van der Waals surface area contributed by atoms with Gasteiger partial charge in [-0.25, -0.2) is 4.98 Å². The molecule has 0 radical (unpaired) electrons. The number of benzene rings is 1. The molecule has 144 valence electrons. The van der Waals surface area contributed by atoms with Crippen molar-refractivity contribution in [3.05, 3.63) is 60.3 Å². The summed E-state index contributed by atoms with van der Waals surface area (Å²) in [6, 6.07) is 15.7. The van der Waals surface area contributed by atoms with Crippen LogP contribution in [0.3, 0.4) is 0 Å². The van der Waals surface area contributed by atoms with E-state index in [1.54, 1.807) is 0 Å². The van der Waals surface area contributed by atoms with Crippen LogP contribution in [0.4, 0.5) is 5.82 Å². The number of hydrogen-bond acceptors (Lipinski definition) is 4. The van der Waals surface area contributed by atoms with E-state index in [9.17, 15) is 4.79 Å². The Kier molecular flexibility index (Phi) is 6.11. The summed E-state index contributed by atoms with van der Waals surface area (Å²) in [6.07, 6.45) is 3.96. The summed E-state index contributed by atoms with van der Waals surface area (Å²) < 4.78 is 0. The molecule has 5 nitrogen and oxygen atoms in total. The van der Waals surface area contributed by atoms with E-state index in [0.29, 0.717) is 12.5 Å². The number of pyridine rings is 1. The molecule has 2 aromatic rings. The zero-order chi connectivity index (χ0) is 19.3. The molecule has 0 saturated carbocycles. The van der Waals surface area contributed by atoms with Crippen LogP contribution in [0, 0.1) is 5.92 Å². The summed E-state index contributed by atoms with van der Waals surface area (Å²) in [5.41, 5.74) is 6.32. The van der Waals surface area contributed by atoms with Crippen LogP contribution in [0.25, 0.3) is 0 Å². The van der Waals surface area contributed by atoms with Gasteiger partial charge in [0.05, 0.1) is 0 Å². The number of carbonyl (C=O) groups excluding carboxylic acids is 1. The van der Waals surface area contributed by atoms with Crippen molar-refractivity contribution in [2.24, 2.45) is 11.7 Å². The zero-order valence-corrected chi connectivity index (χ0v) is 16.3. The third-order valence-electron chi connectivity index (χ3n) is 5.55. The van der Waals surface area contributed by atoms with Crippen molar-refractivity contribution in [3.8, 4) is 0 Å². The average molecular weight is 367 g/mol. The number of rotatable bonds is 6. The number of nitrogens with two attached hydrogens (primary N) is 1. The molecule has 1 aromatic carbocycles. The van der Waals surface area contributed by atoms with Crippen molar-refractivity contribution < 1.29 is 4.79 Å². The molecular weight excluding hydrogens is 336 g/mol. The minimum Gasteiger partial charge on any atom is -0.357 e. The molecule has 0 spiro atoms. The van der Waals surface area contributed by atoms with Crippen molar-refractivity contribution in [3.63, 3.8) is 0 Å². The lowest BCUT2D eigenvalue weighted by molar-refractivity contribution is -0.137. The second kappa shape index (κ2) is 8.53. The number of hydrogen-bond donors (Lipinski definition) is 1. The van der Waals surface area contributed by atoms with E-state index in [2.05, 4.69) is 16.0 Å². The molecule has 1 amide bonds. The molecule has 1 aromatic heterocycles. The van der Waals surface area contributed by atoms with Gasteiger partial charge < -0.3 is 15.5 Å². The Labute approximate surface area is 162 Å². The number of piperidine rings is 1. The van der Waals surface area contributed by atoms with Gasteiger partial charge in [-0.2, -0.15) is 0 Å². The largest absolute Gasteiger partial charge is 0.357 e. The van der Waals surface area contributed by atoms with Crippen LogP contribution in [-0.2, 0) is 10.3 Å².